The summed E-state index contributed by atoms with van der Waals surface area (Å²) in [5, 5.41) is 4.24. The van der Waals surface area contributed by atoms with Gasteiger partial charge in [0.1, 0.15) is 24.8 Å². The summed E-state index contributed by atoms with van der Waals surface area (Å²) in [6.07, 6.45) is 3.08. The summed E-state index contributed by atoms with van der Waals surface area (Å²) < 4.78 is 14.9. The lowest BCUT2D eigenvalue weighted by molar-refractivity contribution is -0.208. The molecule has 5 heteroatoms. The van der Waals surface area contributed by atoms with Crippen LogP contribution >= 0.6 is 0 Å². The van der Waals surface area contributed by atoms with Crippen LogP contribution in [0, 0.1) is 0 Å². The molecule has 2 heterocycles. The Labute approximate surface area is 147 Å². The Hall–Kier alpha value is -2.50. The number of nitrogens with zero attached hydrogens (tertiary/aromatic N) is 3. The van der Waals surface area contributed by atoms with Gasteiger partial charge in [-0.25, -0.2) is 9.67 Å². The summed E-state index contributed by atoms with van der Waals surface area (Å²) >= 11 is 0. The van der Waals surface area contributed by atoms with E-state index in [0.29, 0.717) is 6.54 Å². The molecule has 2 aromatic carbocycles. The van der Waals surface area contributed by atoms with Crippen molar-refractivity contribution in [3.05, 3.63) is 84.4 Å². The van der Waals surface area contributed by atoms with Crippen LogP contribution in [0.5, 0.6) is 0 Å². The Bertz CT molecular complexity index is 823. The largest absolute Gasteiger partial charge is 0.338 e. The SMILES string of the molecule is CC1OC(Cn2cncn2)(c2ccccc2)OC1(C)c1ccccc1. The maximum absolute atomic E-state index is 6.68. The summed E-state index contributed by atoms with van der Waals surface area (Å²) in [6.45, 7) is 4.57. The summed E-state index contributed by atoms with van der Waals surface area (Å²) in [6, 6.07) is 20.2. The van der Waals surface area contributed by atoms with E-state index in [1.807, 2.05) is 48.5 Å². The van der Waals surface area contributed by atoms with E-state index in [1.165, 1.54) is 6.33 Å². The van der Waals surface area contributed by atoms with E-state index < -0.39 is 11.4 Å². The zero-order valence-corrected chi connectivity index (χ0v) is 14.4. The van der Waals surface area contributed by atoms with Crippen LogP contribution in [0.15, 0.2) is 73.3 Å². The fourth-order valence-corrected chi connectivity index (χ4v) is 3.42. The highest BCUT2D eigenvalue weighted by Crippen LogP contribution is 2.48. The first kappa shape index (κ1) is 16.0. The van der Waals surface area contributed by atoms with Crippen molar-refractivity contribution < 1.29 is 9.47 Å². The van der Waals surface area contributed by atoms with Crippen LogP contribution in [0.3, 0.4) is 0 Å². The highest BCUT2D eigenvalue weighted by molar-refractivity contribution is 5.28. The van der Waals surface area contributed by atoms with Crippen LogP contribution in [0.1, 0.15) is 25.0 Å². The second kappa shape index (κ2) is 6.10. The lowest BCUT2D eigenvalue weighted by Crippen LogP contribution is -2.36. The van der Waals surface area contributed by atoms with Gasteiger partial charge in [-0.3, -0.25) is 0 Å². The van der Waals surface area contributed by atoms with Gasteiger partial charge >= 0.3 is 0 Å². The molecule has 1 saturated heterocycles. The van der Waals surface area contributed by atoms with Crippen LogP contribution < -0.4 is 0 Å². The molecule has 1 fully saturated rings. The predicted molar refractivity (Wildman–Crippen MR) is 93.6 cm³/mol. The molecule has 0 radical (unpaired) electrons. The van der Waals surface area contributed by atoms with E-state index in [4.69, 9.17) is 9.47 Å². The average Bonchev–Trinajstić information content (AvgIpc) is 3.24. The van der Waals surface area contributed by atoms with Gasteiger partial charge in [0.15, 0.2) is 0 Å². The minimum absolute atomic E-state index is 0.126. The quantitative estimate of drug-likeness (QED) is 0.732. The van der Waals surface area contributed by atoms with Crippen molar-refractivity contribution in [2.75, 3.05) is 0 Å². The number of hydrogen-bond donors (Lipinski definition) is 0. The van der Waals surface area contributed by atoms with Crippen molar-refractivity contribution in [1.29, 1.82) is 0 Å². The molecule has 0 N–H and O–H groups in total. The molecule has 1 aromatic heterocycles. The third kappa shape index (κ3) is 2.75. The standard InChI is InChI=1S/C20H21N3O2/c1-16-19(2,17-9-5-3-6-10-17)25-20(24-16,13-23-15-21-14-22-23)18-11-7-4-8-12-18/h3-12,14-16H,13H2,1-2H3. The van der Waals surface area contributed by atoms with Gasteiger partial charge in [0.25, 0.3) is 0 Å². The first-order chi connectivity index (χ1) is 12.1. The van der Waals surface area contributed by atoms with E-state index in [1.54, 1.807) is 11.0 Å². The Morgan fingerprint density at radius 1 is 1.00 bits per heavy atom. The van der Waals surface area contributed by atoms with Gasteiger partial charge in [0, 0.05) is 5.56 Å². The maximum Gasteiger partial charge on any atom is 0.216 e. The van der Waals surface area contributed by atoms with Gasteiger partial charge in [-0.05, 0) is 19.4 Å². The first-order valence-electron chi connectivity index (χ1n) is 8.44. The van der Waals surface area contributed by atoms with E-state index in [0.717, 1.165) is 11.1 Å². The van der Waals surface area contributed by atoms with E-state index in [9.17, 15) is 0 Å². The second-order valence-electron chi connectivity index (χ2n) is 6.55. The molecule has 3 unspecified atom stereocenters. The first-order valence-corrected chi connectivity index (χ1v) is 8.44. The molecule has 3 aromatic rings. The Balaban J connectivity index is 1.78. The van der Waals surface area contributed by atoms with E-state index in [-0.39, 0.29) is 6.10 Å². The van der Waals surface area contributed by atoms with Crippen LogP contribution in [-0.4, -0.2) is 20.9 Å². The summed E-state index contributed by atoms with van der Waals surface area (Å²) in [5.74, 6) is -0.918. The molecule has 0 spiro atoms. The average molecular weight is 335 g/mol. The second-order valence-corrected chi connectivity index (χ2v) is 6.55. The van der Waals surface area contributed by atoms with Crippen LogP contribution in [-0.2, 0) is 27.4 Å². The Morgan fingerprint density at radius 2 is 1.64 bits per heavy atom. The summed E-state index contributed by atoms with van der Waals surface area (Å²) in [4.78, 5) is 4.04. The lowest BCUT2D eigenvalue weighted by atomic mass is 9.91. The molecule has 0 bridgehead atoms. The van der Waals surface area contributed by atoms with Crippen LogP contribution in [0.2, 0.25) is 0 Å². The van der Waals surface area contributed by atoms with Crippen molar-refractivity contribution in [3.63, 3.8) is 0 Å². The van der Waals surface area contributed by atoms with E-state index in [2.05, 4.69) is 36.1 Å². The predicted octanol–water partition coefficient (Wildman–Crippen LogP) is 3.48. The van der Waals surface area contributed by atoms with Gasteiger partial charge in [0.05, 0.1) is 6.10 Å². The Kier molecular flexibility index (Phi) is 3.90. The molecule has 0 amide bonds. The van der Waals surface area contributed by atoms with E-state index >= 15 is 0 Å². The molecule has 0 saturated carbocycles. The van der Waals surface area contributed by atoms with Gasteiger partial charge in [0.2, 0.25) is 5.79 Å². The third-order valence-electron chi connectivity index (χ3n) is 4.92. The summed E-state index contributed by atoms with van der Waals surface area (Å²) in [7, 11) is 0. The van der Waals surface area contributed by atoms with Gasteiger partial charge in [-0.2, -0.15) is 5.10 Å². The molecule has 128 valence electrons. The zero-order valence-electron chi connectivity index (χ0n) is 14.4. The monoisotopic (exact) mass is 335 g/mol. The smallest absolute Gasteiger partial charge is 0.216 e. The number of hydrogen-bond acceptors (Lipinski definition) is 4. The number of aromatic nitrogens is 3. The van der Waals surface area contributed by atoms with Crippen molar-refractivity contribution >= 4 is 0 Å². The molecule has 1 aliphatic heterocycles. The molecular formula is C20H21N3O2. The topological polar surface area (TPSA) is 49.2 Å². The minimum Gasteiger partial charge on any atom is -0.338 e. The molecular weight excluding hydrogens is 314 g/mol. The third-order valence-corrected chi connectivity index (χ3v) is 4.92. The van der Waals surface area contributed by atoms with Crippen LogP contribution in [0.4, 0.5) is 0 Å². The van der Waals surface area contributed by atoms with Crippen molar-refractivity contribution in [3.8, 4) is 0 Å². The molecule has 3 atom stereocenters. The normalized spacial score (nSPS) is 29.0. The molecule has 0 aliphatic carbocycles. The number of rotatable bonds is 4. The fraction of sp³-hybridized carbons (Fsp3) is 0.300. The zero-order chi connectivity index (χ0) is 17.3. The number of benzene rings is 2. The van der Waals surface area contributed by atoms with Crippen molar-refractivity contribution in [1.82, 2.24) is 14.8 Å². The molecule has 25 heavy (non-hydrogen) atoms. The van der Waals surface area contributed by atoms with Gasteiger partial charge in [-0.1, -0.05) is 60.7 Å². The van der Waals surface area contributed by atoms with Gasteiger partial charge in [-0.15, -0.1) is 0 Å². The van der Waals surface area contributed by atoms with Crippen molar-refractivity contribution in [2.24, 2.45) is 0 Å². The van der Waals surface area contributed by atoms with Crippen molar-refractivity contribution in [2.45, 2.75) is 37.9 Å². The number of ether oxygens (including phenoxy) is 2. The molecule has 5 nitrogen and oxygen atoms in total. The minimum atomic E-state index is -0.918. The highest BCUT2D eigenvalue weighted by atomic mass is 16.8. The maximum atomic E-state index is 6.68. The molecule has 4 rings (SSSR count). The highest BCUT2D eigenvalue weighted by Gasteiger charge is 2.54. The Morgan fingerprint density at radius 3 is 2.24 bits per heavy atom. The fourth-order valence-electron chi connectivity index (χ4n) is 3.42. The van der Waals surface area contributed by atoms with Gasteiger partial charge < -0.3 is 9.47 Å². The molecule has 1 aliphatic rings. The lowest BCUT2D eigenvalue weighted by Gasteiger charge is -2.31. The van der Waals surface area contributed by atoms with Crippen LogP contribution in [0.25, 0.3) is 0 Å². The summed E-state index contributed by atoms with van der Waals surface area (Å²) in [5.41, 5.74) is 1.51.